The maximum atomic E-state index is 14.8. The predicted octanol–water partition coefficient (Wildman–Crippen LogP) is 6.07. The Kier molecular flexibility index (Phi) is 4.74. The lowest BCUT2D eigenvalue weighted by Gasteiger charge is -2.25. The molecule has 1 unspecified atom stereocenters. The molecule has 0 heterocycles. The molecule has 23 heavy (non-hydrogen) atoms. The fourth-order valence-corrected chi connectivity index (χ4v) is 3.54. The van der Waals surface area contributed by atoms with E-state index in [0.717, 1.165) is 24.5 Å². The van der Waals surface area contributed by atoms with Gasteiger partial charge in [0.25, 0.3) is 0 Å². The van der Waals surface area contributed by atoms with Crippen LogP contribution in [0.1, 0.15) is 43.7 Å². The van der Waals surface area contributed by atoms with Gasteiger partial charge in [0.2, 0.25) is 0 Å². The van der Waals surface area contributed by atoms with Crippen molar-refractivity contribution >= 4 is 0 Å². The van der Waals surface area contributed by atoms with Crippen molar-refractivity contribution in [3.63, 3.8) is 0 Å². The van der Waals surface area contributed by atoms with E-state index in [1.54, 1.807) is 6.07 Å². The van der Waals surface area contributed by atoms with Crippen molar-refractivity contribution in [3.05, 3.63) is 58.9 Å². The molecule has 0 radical (unpaired) electrons. The SMILES string of the molecule is CCCCC1CCc2c(ccc(-c3cccc(F)c3F)c2F)C1. The van der Waals surface area contributed by atoms with Gasteiger partial charge in [-0.2, -0.15) is 0 Å². The number of unbranched alkanes of at least 4 members (excludes halogenated alkanes) is 1. The second-order valence-corrected chi connectivity index (χ2v) is 6.42. The van der Waals surface area contributed by atoms with Crippen molar-refractivity contribution < 1.29 is 13.2 Å². The molecule has 2 aromatic carbocycles. The van der Waals surface area contributed by atoms with Crippen LogP contribution < -0.4 is 0 Å². The first-order valence-electron chi connectivity index (χ1n) is 8.36. The molecule has 0 N–H and O–H groups in total. The molecular formula is C20H21F3. The summed E-state index contributed by atoms with van der Waals surface area (Å²) < 4.78 is 42.2. The molecule has 0 amide bonds. The Morgan fingerprint density at radius 1 is 1.00 bits per heavy atom. The van der Waals surface area contributed by atoms with Gasteiger partial charge >= 0.3 is 0 Å². The van der Waals surface area contributed by atoms with Crippen molar-refractivity contribution in [2.75, 3.05) is 0 Å². The summed E-state index contributed by atoms with van der Waals surface area (Å²) >= 11 is 0. The van der Waals surface area contributed by atoms with Crippen LogP contribution in [0, 0.1) is 23.4 Å². The molecule has 0 bridgehead atoms. The molecule has 0 aliphatic heterocycles. The van der Waals surface area contributed by atoms with Crippen LogP contribution >= 0.6 is 0 Å². The molecule has 0 saturated heterocycles. The highest BCUT2D eigenvalue weighted by atomic mass is 19.2. The third-order valence-electron chi connectivity index (χ3n) is 4.86. The average molecular weight is 318 g/mol. The maximum absolute atomic E-state index is 14.8. The molecule has 0 fully saturated rings. The van der Waals surface area contributed by atoms with Gasteiger partial charge in [0.15, 0.2) is 11.6 Å². The quantitative estimate of drug-likeness (QED) is 0.642. The first kappa shape index (κ1) is 16.1. The van der Waals surface area contributed by atoms with E-state index in [4.69, 9.17) is 0 Å². The highest BCUT2D eigenvalue weighted by Gasteiger charge is 2.24. The minimum atomic E-state index is -0.983. The Labute approximate surface area is 135 Å². The van der Waals surface area contributed by atoms with Gasteiger partial charge in [-0.15, -0.1) is 0 Å². The van der Waals surface area contributed by atoms with E-state index in [1.165, 1.54) is 31.4 Å². The zero-order valence-electron chi connectivity index (χ0n) is 13.3. The summed E-state index contributed by atoms with van der Waals surface area (Å²) in [6.07, 6.45) is 6.10. The highest BCUT2D eigenvalue weighted by Crippen LogP contribution is 2.35. The Hall–Kier alpha value is -1.77. The van der Waals surface area contributed by atoms with Crippen LogP contribution in [-0.4, -0.2) is 0 Å². The summed E-state index contributed by atoms with van der Waals surface area (Å²) in [4.78, 5) is 0. The van der Waals surface area contributed by atoms with E-state index in [2.05, 4.69) is 6.92 Å². The second-order valence-electron chi connectivity index (χ2n) is 6.42. The Balaban J connectivity index is 1.94. The van der Waals surface area contributed by atoms with Crippen molar-refractivity contribution in [1.29, 1.82) is 0 Å². The standard InChI is InChI=1S/C20H21F3/c1-2-3-5-13-8-10-15-14(12-13)9-11-17(19(15)22)16-6-4-7-18(21)20(16)23/h4,6-7,9,11,13H,2-3,5,8,10,12H2,1H3. The number of fused-ring (bicyclic) bond motifs is 1. The lowest BCUT2D eigenvalue weighted by atomic mass is 9.80. The third kappa shape index (κ3) is 3.15. The smallest absolute Gasteiger partial charge is 0.166 e. The van der Waals surface area contributed by atoms with Gasteiger partial charge in [0, 0.05) is 11.1 Å². The molecule has 2 aromatic rings. The van der Waals surface area contributed by atoms with Crippen LogP contribution in [0.5, 0.6) is 0 Å². The molecule has 0 spiro atoms. The molecule has 122 valence electrons. The van der Waals surface area contributed by atoms with Gasteiger partial charge in [-0.25, -0.2) is 13.2 Å². The summed E-state index contributed by atoms with van der Waals surface area (Å²) in [6.45, 7) is 2.18. The predicted molar refractivity (Wildman–Crippen MR) is 86.8 cm³/mol. The van der Waals surface area contributed by atoms with E-state index in [0.29, 0.717) is 17.9 Å². The Bertz CT molecular complexity index is 706. The van der Waals surface area contributed by atoms with Gasteiger partial charge in [0.1, 0.15) is 5.82 Å². The summed E-state index contributed by atoms with van der Waals surface area (Å²) in [5, 5.41) is 0. The van der Waals surface area contributed by atoms with E-state index < -0.39 is 11.6 Å². The number of hydrogen-bond acceptors (Lipinski definition) is 0. The lowest BCUT2D eigenvalue weighted by molar-refractivity contribution is 0.406. The Morgan fingerprint density at radius 3 is 2.57 bits per heavy atom. The van der Waals surface area contributed by atoms with E-state index >= 15 is 0 Å². The summed E-state index contributed by atoms with van der Waals surface area (Å²) in [6, 6.07) is 7.36. The summed E-state index contributed by atoms with van der Waals surface area (Å²) in [5.41, 5.74) is 1.86. The minimum absolute atomic E-state index is 0.00148. The van der Waals surface area contributed by atoms with Crippen molar-refractivity contribution in [2.45, 2.75) is 45.4 Å². The molecule has 3 rings (SSSR count). The van der Waals surface area contributed by atoms with Gasteiger partial charge in [-0.05, 0) is 42.4 Å². The molecule has 0 nitrogen and oxygen atoms in total. The van der Waals surface area contributed by atoms with Crippen LogP contribution in [0.3, 0.4) is 0 Å². The lowest BCUT2D eigenvalue weighted by Crippen LogP contribution is -2.16. The van der Waals surface area contributed by atoms with Gasteiger partial charge < -0.3 is 0 Å². The first-order chi connectivity index (χ1) is 11.1. The van der Waals surface area contributed by atoms with Crippen molar-refractivity contribution in [3.8, 4) is 11.1 Å². The monoisotopic (exact) mass is 318 g/mol. The van der Waals surface area contributed by atoms with Crippen LogP contribution in [0.15, 0.2) is 30.3 Å². The topological polar surface area (TPSA) is 0 Å². The zero-order valence-corrected chi connectivity index (χ0v) is 13.3. The fourth-order valence-electron chi connectivity index (χ4n) is 3.54. The normalized spacial score (nSPS) is 17.1. The van der Waals surface area contributed by atoms with Crippen LogP contribution in [-0.2, 0) is 12.8 Å². The fraction of sp³-hybridized carbons (Fsp3) is 0.400. The second kappa shape index (κ2) is 6.77. The third-order valence-corrected chi connectivity index (χ3v) is 4.86. The molecular weight excluding hydrogens is 297 g/mol. The van der Waals surface area contributed by atoms with E-state index in [9.17, 15) is 13.2 Å². The number of rotatable bonds is 4. The molecule has 3 heteroatoms. The molecule has 1 atom stereocenters. The van der Waals surface area contributed by atoms with Gasteiger partial charge in [-0.3, -0.25) is 0 Å². The molecule has 1 aliphatic carbocycles. The minimum Gasteiger partial charge on any atom is -0.206 e. The molecule has 1 aliphatic rings. The number of hydrogen-bond donors (Lipinski definition) is 0. The van der Waals surface area contributed by atoms with Crippen LogP contribution in [0.4, 0.5) is 13.2 Å². The summed E-state index contributed by atoms with van der Waals surface area (Å²) in [7, 11) is 0. The highest BCUT2D eigenvalue weighted by molar-refractivity contribution is 5.67. The van der Waals surface area contributed by atoms with E-state index in [-0.39, 0.29) is 16.9 Å². The average Bonchev–Trinajstić information content (AvgIpc) is 2.56. The summed E-state index contributed by atoms with van der Waals surface area (Å²) in [5.74, 6) is -1.71. The largest absolute Gasteiger partial charge is 0.206 e. The Morgan fingerprint density at radius 2 is 1.78 bits per heavy atom. The van der Waals surface area contributed by atoms with Gasteiger partial charge in [0.05, 0.1) is 0 Å². The van der Waals surface area contributed by atoms with Crippen LogP contribution in [0.25, 0.3) is 11.1 Å². The molecule has 0 saturated carbocycles. The van der Waals surface area contributed by atoms with Gasteiger partial charge in [-0.1, -0.05) is 50.5 Å². The maximum Gasteiger partial charge on any atom is 0.166 e. The molecule has 0 aromatic heterocycles. The van der Waals surface area contributed by atoms with Crippen LogP contribution in [0.2, 0.25) is 0 Å². The first-order valence-corrected chi connectivity index (χ1v) is 8.36. The van der Waals surface area contributed by atoms with Crippen molar-refractivity contribution in [1.82, 2.24) is 0 Å². The van der Waals surface area contributed by atoms with E-state index in [1.807, 2.05) is 6.07 Å². The number of halogens is 3. The number of benzene rings is 2. The van der Waals surface area contributed by atoms with Crippen molar-refractivity contribution in [2.24, 2.45) is 5.92 Å². The zero-order chi connectivity index (χ0) is 16.4.